The van der Waals surface area contributed by atoms with Crippen molar-refractivity contribution >= 4 is 0 Å². The van der Waals surface area contributed by atoms with Crippen LogP contribution in [0.25, 0.3) is 0 Å². The second kappa shape index (κ2) is 94.4. The van der Waals surface area contributed by atoms with Crippen LogP contribution in [-0.2, 0) is 28.4 Å². The molecule has 20 atom stereocenters. The molecule has 24 heteroatoms. The first-order valence-electron chi connectivity index (χ1n) is 56.2. The molecule has 20 unspecified atom stereocenters. The summed E-state index contributed by atoms with van der Waals surface area (Å²) in [6, 6.07) is 1.54. The fraction of sp³-hybridized carbons (Fsp3) is 0.966. The maximum atomic E-state index is 12.8. The van der Waals surface area contributed by atoms with Gasteiger partial charge >= 0.3 is 0 Å². The zero-order valence-electron chi connectivity index (χ0n) is 97.3. The highest BCUT2D eigenvalue weighted by Gasteiger charge is 2.36. The summed E-state index contributed by atoms with van der Waals surface area (Å²) in [5.74, 6) is 15.9. The third-order valence-corrected chi connectivity index (χ3v) is 30.7. The van der Waals surface area contributed by atoms with Gasteiger partial charge in [-0.25, -0.2) is 17.6 Å². The van der Waals surface area contributed by atoms with Crippen molar-refractivity contribution < 1.29 is 91.2 Å². The van der Waals surface area contributed by atoms with Crippen molar-refractivity contribution in [2.75, 3.05) is 78.9 Å². The number of hydrogen-bond donors (Lipinski definition) is 6. The predicted octanol–water partition coefficient (Wildman–Crippen LogP) is 25.4. The van der Waals surface area contributed by atoms with E-state index >= 15 is 0 Å². The van der Waals surface area contributed by atoms with E-state index in [1.54, 1.807) is 25.0 Å². The molecule has 0 aromatic heterocycles. The summed E-state index contributed by atoms with van der Waals surface area (Å²) in [4.78, 5) is 0. The minimum Gasteiger partial charge on any atom is -0.412 e. The lowest BCUT2D eigenvalue weighted by Crippen LogP contribution is -2.50. The zero-order chi connectivity index (χ0) is 99.2. The molecule has 0 aromatic carbocycles. The van der Waals surface area contributed by atoms with Gasteiger partial charge in [-0.05, 0) is 329 Å². The fourth-order valence-corrected chi connectivity index (χ4v) is 18.4. The molecule has 16 aliphatic rings. The molecule has 141 heavy (non-hydrogen) atoms. The van der Waals surface area contributed by atoms with Crippen molar-refractivity contribution in [3.8, 4) is 0 Å². The number of nitrogens with one attached hydrogen (secondary N) is 6. The van der Waals surface area contributed by atoms with E-state index in [1.165, 1.54) is 193 Å². The quantitative estimate of drug-likeness (QED) is 0.0973. The Balaban J connectivity index is -0.000000163. The first-order chi connectivity index (χ1) is 62.3. The maximum absolute atomic E-state index is 12.8. The van der Waals surface area contributed by atoms with Crippen LogP contribution >= 0.6 is 0 Å². The van der Waals surface area contributed by atoms with Gasteiger partial charge in [0, 0.05) is 64.7 Å². The molecule has 0 bridgehead atoms. The molecule has 0 aromatic rings. The number of hydrogen-bond acceptors (Lipinski definition) is 12. The van der Waals surface area contributed by atoms with Crippen LogP contribution in [-0.4, -0.2) is 197 Å². The molecule has 8 aliphatic heterocycles. The summed E-state index contributed by atoms with van der Waals surface area (Å²) < 4.78 is 82.8. The molecule has 6 saturated carbocycles. The molecule has 8 heterocycles. The topological polar surface area (TPSA) is 380 Å². The number of rotatable bonds is 0. The van der Waals surface area contributed by atoms with Crippen molar-refractivity contribution in [3.63, 3.8) is 0 Å². The van der Waals surface area contributed by atoms with Gasteiger partial charge in [0.2, 0.25) is 0 Å². The summed E-state index contributed by atoms with van der Waals surface area (Å²) in [5, 5.41) is 20.1. The Morgan fingerprint density at radius 3 is 0.617 bits per heavy atom. The molecule has 862 valence electrons. The molecule has 20 nitrogen and oxygen atoms in total. The van der Waals surface area contributed by atoms with Crippen LogP contribution < -0.4 is 31.9 Å². The molecule has 0 spiro atoms. The lowest BCUT2D eigenvalue weighted by atomic mass is 9.81. The van der Waals surface area contributed by atoms with Crippen LogP contribution in [0.1, 0.15) is 449 Å². The van der Waals surface area contributed by atoms with Crippen LogP contribution in [0.3, 0.4) is 0 Å². The third-order valence-electron chi connectivity index (χ3n) is 30.7. The average molecular weight is 2040 g/mol. The van der Waals surface area contributed by atoms with Crippen LogP contribution in [0.2, 0.25) is 0 Å². The lowest BCUT2D eigenvalue weighted by Gasteiger charge is -2.30. The Labute approximate surface area is 872 Å². The first kappa shape index (κ1) is 157. The minimum absolute atomic E-state index is 0. The summed E-state index contributed by atoms with van der Waals surface area (Å²) in [7, 11) is 0. The second-order valence-electron chi connectivity index (χ2n) is 47.8. The van der Waals surface area contributed by atoms with Gasteiger partial charge in [-0.15, -0.1) is 0 Å². The van der Waals surface area contributed by atoms with Gasteiger partial charge in [-0.1, -0.05) is 273 Å². The molecule has 14 fully saturated rings. The second-order valence-corrected chi connectivity index (χ2v) is 47.8. The Bertz CT molecular complexity index is 2100. The predicted molar refractivity (Wildman–Crippen MR) is 603 cm³/mol. The van der Waals surface area contributed by atoms with Crippen molar-refractivity contribution in [3.05, 3.63) is 23.3 Å². The van der Waals surface area contributed by atoms with E-state index < -0.39 is 24.7 Å². The summed E-state index contributed by atoms with van der Waals surface area (Å²) in [6.07, 6.45) is 47.8. The molecule has 0 radical (unpaired) electrons. The monoisotopic (exact) mass is 2040 g/mol. The minimum atomic E-state index is -1.22. The number of piperidine rings is 2. The van der Waals surface area contributed by atoms with E-state index in [1.807, 2.05) is 27.7 Å². The summed E-state index contributed by atoms with van der Waals surface area (Å²) in [5.41, 5.74) is 3.17. The largest absolute Gasteiger partial charge is 0.412 e. The smallest absolute Gasteiger partial charge is 0.154 e. The van der Waals surface area contributed by atoms with Gasteiger partial charge in [0.05, 0.1) is 51.0 Å². The Kier molecular flexibility index (Phi) is 105. The van der Waals surface area contributed by atoms with Gasteiger partial charge in [0.15, 0.2) is 12.6 Å². The average Bonchev–Trinajstić information content (AvgIpc) is 0.859. The highest BCUT2D eigenvalue weighted by Crippen LogP contribution is 2.36. The van der Waals surface area contributed by atoms with Gasteiger partial charge in [0.25, 0.3) is 0 Å². The standard InChI is InChI=1S/C8H14F2.2C8H15F.3C8H16.2C8H14.2C7H15N.2C7H14O.2C6H14N2.2C6H12O2.CH4.8H2O.H2/c1-5-3-4-6(2)8(10)7(5)9;2*1-6-3-4-7(2)8(9)5-6;5*1-7-3-5-8(2)6-4-7;4*1-6-3-4-7(2)8-5-6;4*1-5-3-7-6(2)8-4-5;;;;;;;;;;/h5-8H,3-4H2,1-2H3;2*6-8H,3-5H2,1-2H3;3*7-8H,3-6H2,1-2H3;2*3,8H,4-6H2,1-2H3;2*6-8H,3-5H2,1-2H3;2*6-7H,3-5H2,1-2H3;2*5-8H,3-4H2,1-2H3;2*5-6H,3-4H2,1-2H3;1H4;8*1H2;1H. The lowest BCUT2D eigenvalue weighted by molar-refractivity contribution is -0.187. The molecular formula is C117H252F4N6O14. The number of allylic oxidation sites excluding steroid dienone is 4. The number of alkyl halides is 4. The van der Waals surface area contributed by atoms with Crippen LogP contribution in [0.15, 0.2) is 23.3 Å². The highest BCUT2D eigenvalue weighted by molar-refractivity contribution is 5.03. The van der Waals surface area contributed by atoms with Gasteiger partial charge in [-0.3, -0.25) is 0 Å². The summed E-state index contributed by atoms with van der Waals surface area (Å²) in [6.45, 7) is 82.3. The Morgan fingerprint density at radius 1 is 0.227 bits per heavy atom. The van der Waals surface area contributed by atoms with E-state index in [0.717, 1.165) is 199 Å². The summed E-state index contributed by atoms with van der Waals surface area (Å²) >= 11 is 0. The first-order valence-corrected chi connectivity index (χ1v) is 56.2. The molecule has 22 N–H and O–H groups in total. The maximum Gasteiger partial charge on any atom is 0.154 e. The highest BCUT2D eigenvalue weighted by atomic mass is 19.2. The van der Waals surface area contributed by atoms with Gasteiger partial charge in [0.1, 0.15) is 24.7 Å². The van der Waals surface area contributed by atoms with Gasteiger partial charge < -0.3 is 104 Å². The van der Waals surface area contributed by atoms with Crippen LogP contribution in [0.4, 0.5) is 17.6 Å². The molecule has 8 saturated heterocycles. The SMILES string of the molecule is C.CC1=CCC(C)CC1.CC1=CCC(C)CC1.CC1CCC(C)C(F)C1.CC1CCC(C)C(F)C1.CC1CCC(C)C(F)C1F.CC1CCC(C)CC1.CC1CCC(C)CC1.CC1CCC(C)CC1.CC1CCC(C)NC1.CC1CCC(C)NC1.CC1CCC(C)OC1.CC1CCC(C)OC1.CC1CNC(C)NC1.CC1CNC(C)NC1.CC1COC(C)OC1.CC1COC(C)OC1.O.O.O.O.O.O.O.O.[HH]. The molecule has 0 amide bonds. The zero-order valence-corrected chi connectivity index (χ0v) is 97.3. The Morgan fingerprint density at radius 2 is 0.447 bits per heavy atom. The molecular weight excluding hydrogens is 1790 g/mol. The van der Waals surface area contributed by atoms with E-state index in [0.29, 0.717) is 60.0 Å². The molecule has 16 rings (SSSR count). The normalized spacial score (nSPS) is 37.4. The Hall–Kier alpha value is -1.60. The van der Waals surface area contributed by atoms with E-state index in [2.05, 4.69) is 224 Å². The number of ether oxygens (including phenoxy) is 6. The van der Waals surface area contributed by atoms with E-state index in [4.69, 9.17) is 28.4 Å². The number of halogens is 4. The van der Waals surface area contributed by atoms with Crippen molar-refractivity contribution in [1.82, 2.24) is 31.9 Å². The van der Waals surface area contributed by atoms with Gasteiger partial charge in [-0.2, -0.15) is 0 Å². The van der Waals surface area contributed by atoms with Crippen LogP contribution in [0, 0.1) is 130 Å². The van der Waals surface area contributed by atoms with E-state index in [9.17, 15) is 17.6 Å². The third kappa shape index (κ3) is 87.6. The van der Waals surface area contributed by atoms with Crippen molar-refractivity contribution in [2.24, 2.45) is 130 Å². The van der Waals surface area contributed by atoms with E-state index in [-0.39, 0.29) is 77.1 Å². The van der Waals surface area contributed by atoms with Crippen molar-refractivity contribution in [2.45, 2.75) is 521 Å². The van der Waals surface area contributed by atoms with Crippen molar-refractivity contribution in [1.29, 1.82) is 0 Å². The molecule has 8 aliphatic carbocycles. The fourth-order valence-electron chi connectivity index (χ4n) is 18.4. The van der Waals surface area contributed by atoms with Crippen LogP contribution in [0.5, 0.6) is 0 Å².